The van der Waals surface area contributed by atoms with Crippen LogP contribution in [-0.4, -0.2) is 30.3 Å². The lowest BCUT2D eigenvalue weighted by Gasteiger charge is -2.22. The summed E-state index contributed by atoms with van der Waals surface area (Å²) in [5, 5.41) is 0. The van der Waals surface area contributed by atoms with E-state index in [2.05, 4.69) is 0 Å². The number of carbonyl (C=O) groups excluding carboxylic acids is 2. The number of carbonyl (C=O) groups is 2. The van der Waals surface area contributed by atoms with E-state index in [4.69, 9.17) is 0 Å². The molecule has 2 aromatic carbocycles. The van der Waals surface area contributed by atoms with Crippen LogP contribution in [0.4, 0.5) is 5.69 Å². The predicted octanol–water partition coefficient (Wildman–Crippen LogP) is 4.18. The number of likely N-dealkylation sites (N-methyl/N-ethyl adjacent to an activating group) is 1. The molecule has 140 valence electrons. The van der Waals surface area contributed by atoms with Gasteiger partial charge in [-0.2, -0.15) is 0 Å². The van der Waals surface area contributed by atoms with E-state index in [9.17, 15) is 9.59 Å². The fourth-order valence-electron chi connectivity index (χ4n) is 3.34. The Hall–Kier alpha value is -2.88. The van der Waals surface area contributed by atoms with Crippen LogP contribution in [0.25, 0.3) is 5.57 Å². The van der Waals surface area contributed by atoms with Gasteiger partial charge in [0.05, 0.1) is 5.57 Å². The van der Waals surface area contributed by atoms with Gasteiger partial charge in [-0.25, -0.2) is 0 Å². The molecule has 0 fully saturated rings. The van der Waals surface area contributed by atoms with E-state index < -0.39 is 0 Å². The first-order chi connectivity index (χ1) is 12.8. The lowest BCUT2D eigenvalue weighted by Crippen LogP contribution is -2.36. The fraction of sp³-hybridized carbons (Fsp3) is 0.304. The minimum absolute atomic E-state index is 0.209. The zero-order valence-corrected chi connectivity index (χ0v) is 16.6. The van der Waals surface area contributed by atoms with Crippen molar-refractivity contribution in [3.8, 4) is 0 Å². The number of benzene rings is 2. The van der Waals surface area contributed by atoms with Crippen molar-refractivity contribution in [2.45, 2.75) is 27.7 Å². The Morgan fingerprint density at radius 1 is 0.926 bits per heavy atom. The molecular formula is C23H26N2O2. The number of hydrogen-bond acceptors (Lipinski definition) is 3. The third-order valence-corrected chi connectivity index (χ3v) is 4.97. The Labute approximate surface area is 161 Å². The van der Waals surface area contributed by atoms with Crippen LogP contribution in [0, 0.1) is 19.8 Å². The van der Waals surface area contributed by atoms with Crippen LogP contribution in [-0.2, 0) is 9.59 Å². The maximum absolute atomic E-state index is 13.2. The standard InChI is InChI=1S/C23H26N2O2/c1-15(2)14-25-22(26)20(18-12-11-16(3)17(4)13-18)21(23(25)27)24(5)19-9-7-6-8-10-19/h6-13,15H,14H2,1-5H3. The van der Waals surface area contributed by atoms with Gasteiger partial charge in [0, 0.05) is 19.3 Å². The highest BCUT2D eigenvalue weighted by Gasteiger charge is 2.41. The molecule has 1 heterocycles. The van der Waals surface area contributed by atoms with Crippen molar-refractivity contribution in [1.82, 2.24) is 4.90 Å². The molecule has 1 aliphatic heterocycles. The second kappa shape index (κ2) is 7.39. The summed E-state index contributed by atoms with van der Waals surface area (Å²) >= 11 is 0. The van der Waals surface area contributed by atoms with Gasteiger partial charge < -0.3 is 4.90 Å². The van der Waals surface area contributed by atoms with Crippen molar-refractivity contribution in [3.63, 3.8) is 0 Å². The first-order valence-corrected chi connectivity index (χ1v) is 9.28. The lowest BCUT2D eigenvalue weighted by molar-refractivity contribution is -0.137. The molecule has 0 atom stereocenters. The normalized spacial score (nSPS) is 14.5. The Kier molecular flexibility index (Phi) is 5.17. The van der Waals surface area contributed by atoms with Crippen LogP contribution < -0.4 is 4.90 Å². The molecule has 4 heteroatoms. The number of rotatable bonds is 5. The highest BCUT2D eigenvalue weighted by molar-refractivity contribution is 6.36. The number of hydrogen-bond donors (Lipinski definition) is 0. The summed E-state index contributed by atoms with van der Waals surface area (Å²) in [4.78, 5) is 29.6. The van der Waals surface area contributed by atoms with Gasteiger partial charge in [-0.1, -0.05) is 50.2 Å². The van der Waals surface area contributed by atoms with Crippen molar-refractivity contribution in [1.29, 1.82) is 0 Å². The molecule has 2 amide bonds. The molecule has 0 radical (unpaired) electrons. The van der Waals surface area contributed by atoms with Gasteiger partial charge >= 0.3 is 0 Å². The number of nitrogens with zero attached hydrogens (tertiary/aromatic N) is 2. The fourth-order valence-corrected chi connectivity index (χ4v) is 3.34. The smallest absolute Gasteiger partial charge is 0.278 e. The Morgan fingerprint density at radius 3 is 2.19 bits per heavy atom. The molecule has 0 N–H and O–H groups in total. The van der Waals surface area contributed by atoms with Crippen molar-refractivity contribution in [2.24, 2.45) is 5.92 Å². The second-order valence-electron chi connectivity index (χ2n) is 7.53. The minimum Gasteiger partial charge on any atom is -0.339 e. The summed E-state index contributed by atoms with van der Waals surface area (Å²) < 4.78 is 0. The van der Waals surface area contributed by atoms with E-state index in [0.29, 0.717) is 17.8 Å². The summed E-state index contributed by atoms with van der Waals surface area (Å²) in [6.45, 7) is 8.49. The molecule has 3 rings (SSSR count). The summed E-state index contributed by atoms with van der Waals surface area (Å²) in [6.07, 6.45) is 0. The maximum Gasteiger partial charge on any atom is 0.278 e. The topological polar surface area (TPSA) is 40.6 Å². The van der Waals surface area contributed by atoms with Gasteiger partial charge in [0.15, 0.2) is 0 Å². The van der Waals surface area contributed by atoms with Crippen molar-refractivity contribution >= 4 is 23.1 Å². The van der Waals surface area contributed by atoms with Gasteiger partial charge in [-0.15, -0.1) is 0 Å². The first kappa shape index (κ1) is 18.9. The van der Waals surface area contributed by atoms with E-state index >= 15 is 0 Å². The molecule has 0 aromatic heterocycles. The van der Waals surface area contributed by atoms with E-state index in [1.807, 2.05) is 88.2 Å². The molecule has 0 saturated heterocycles. The van der Waals surface area contributed by atoms with Gasteiger partial charge in [-0.3, -0.25) is 14.5 Å². The number of anilines is 1. The van der Waals surface area contributed by atoms with Crippen LogP contribution >= 0.6 is 0 Å². The quantitative estimate of drug-likeness (QED) is 0.750. The largest absolute Gasteiger partial charge is 0.339 e. The van der Waals surface area contributed by atoms with Gasteiger partial charge in [0.2, 0.25) is 0 Å². The van der Waals surface area contributed by atoms with Crippen LogP contribution in [0.2, 0.25) is 0 Å². The van der Waals surface area contributed by atoms with Crippen LogP contribution in [0.15, 0.2) is 54.2 Å². The molecular weight excluding hydrogens is 336 g/mol. The highest BCUT2D eigenvalue weighted by atomic mass is 16.2. The van der Waals surface area contributed by atoms with E-state index in [0.717, 1.165) is 22.4 Å². The Morgan fingerprint density at radius 2 is 1.59 bits per heavy atom. The van der Waals surface area contributed by atoms with E-state index in [1.54, 1.807) is 0 Å². The molecule has 0 bridgehead atoms. The zero-order valence-electron chi connectivity index (χ0n) is 16.6. The third kappa shape index (κ3) is 3.52. The van der Waals surface area contributed by atoms with E-state index in [1.165, 1.54) is 4.90 Å². The predicted molar refractivity (Wildman–Crippen MR) is 109 cm³/mol. The number of amides is 2. The minimum atomic E-state index is -0.228. The lowest BCUT2D eigenvalue weighted by atomic mass is 9.99. The average molecular weight is 362 g/mol. The zero-order chi connectivity index (χ0) is 19.7. The van der Waals surface area contributed by atoms with Crippen molar-refractivity contribution < 1.29 is 9.59 Å². The molecule has 4 nitrogen and oxygen atoms in total. The van der Waals surface area contributed by atoms with Gasteiger partial charge in [-0.05, 0) is 48.6 Å². The molecule has 0 saturated carbocycles. The monoisotopic (exact) mass is 362 g/mol. The molecule has 0 aliphatic carbocycles. The highest BCUT2D eigenvalue weighted by Crippen LogP contribution is 2.34. The first-order valence-electron chi connectivity index (χ1n) is 9.28. The SMILES string of the molecule is Cc1ccc(C2=C(N(C)c3ccccc3)C(=O)N(CC(C)C)C2=O)cc1C. The molecule has 27 heavy (non-hydrogen) atoms. The molecule has 0 spiro atoms. The second-order valence-corrected chi connectivity index (χ2v) is 7.53. The summed E-state index contributed by atoms with van der Waals surface area (Å²) in [5.41, 5.74) is 4.85. The summed E-state index contributed by atoms with van der Waals surface area (Å²) in [7, 11) is 1.84. The van der Waals surface area contributed by atoms with Crippen molar-refractivity contribution in [3.05, 3.63) is 70.9 Å². The number of aryl methyl sites for hydroxylation is 2. The number of imide groups is 1. The van der Waals surface area contributed by atoms with Crippen LogP contribution in [0.3, 0.4) is 0 Å². The van der Waals surface area contributed by atoms with Crippen molar-refractivity contribution in [2.75, 3.05) is 18.5 Å². The summed E-state index contributed by atoms with van der Waals surface area (Å²) in [6, 6.07) is 15.6. The average Bonchev–Trinajstić information content (AvgIpc) is 2.88. The third-order valence-electron chi connectivity index (χ3n) is 4.97. The number of para-hydroxylation sites is 1. The Balaban J connectivity index is 2.16. The van der Waals surface area contributed by atoms with Gasteiger partial charge in [0.1, 0.15) is 5.70 Å². The molecule has 1 aliphatic rings. The molecule has 2 aromatic rings. The van der Waals surface area contributed by atoms with Gasteiger partial charge in [0.25, 0.3) is 11.8 Å². The van der Waals surface area contributed by atoms with Crippen LogP contribution in [0.5, 0.6) is 0 Å². The Bertz CT molecular complexity index is 913. The van der Waals surface area contributed by atoms with Crippen LogP contribution in [0.1, 0.15) is 30.5 Å². The van der Waals surface area contributed by atoms with E-state index in [-0.39, 0.29) is 17.7 Å². The summed E-state index contributed by atoms with van der Waals surface area (Å²) in [5.74, 6) is -0.233. The molecule has 0 unspecified atom stereocenters. The maximum atomic E-state index is 13.2.